The van der Waals surface area contributed by atoms with Gasteiger partial charge in [-0.25, -0.2) is 0 Å². The summed E-state index contributed by atoms with van der Waals surface area (Å²) in [6.45, 7) is 3.27. The number of carbonyl (C=O) groups is 1. The number of hydrogen-bond donors (Lipinski definition) is 1. The minimum absolute atomic E-state index is 0.254. The lowest BCUT2D eigenvalue weighted by atomic mass is 10.4. The largest absolute Gasteiger partial charge is 0.383 e. The number of nitrogens with two attached hydrogens (primary N) is 1. The Morgan fingerprint density at radius 2 is 2.54 bits per heavy atom. The number of nitrogens with zero attached hydrogens (tertiary/aromatic N) is 1. The van der Waals surface area contributed by atoms with Crippen LogP contribution in [0, 0.1) is 0 Å². The molecule has 1 heterocycles. The molecule has 0 saturated carbocycles. The fourth-order valence-corrected chi connectivity index (χ4v) is 2.14. The fraction of sp³-hybridized carbons (Fsp3) is 0.625. The Morgan fingerprint density at radius 1 is 1.85 bits per heavy atom. The number of ether oxygens (including phenoxy) is 1. The molecule has 1 rings (SSSR count). The summed E-state index contributed by atoms with van der Waals surface area (Å²) >= 11 is 1.49. The number of primary amides is 1. The lowest BCUT2D eigenvalue weighted by molar-refractivity contribution is -0.119. The van der Waals surface area contributed by atoms with Crippen LogP contribution in [0.5, 0.6) is 0 Å². The third-order valence-electron chi connectivity index (χ3n) is 1.74. The van der Waals surface area contributed by atoms with E-state index in [-0.39, 0.29) is 11.3 Å². The Kier molecular flexibility index (Phi) is 3.62. The molecule has 0 spiro atoms. The third-order valence-corrected chi connectivity index (χ3v) is 2.95. The third kappa shape index (κ3) is 2.63. The van der Waals surface area contributed by atoms with Crippen molar-refractivity contribution in [2.75, 3.05) is 20.3 Å². The second kappa shape index (κ2) is 4.53. The van der Waals surface area contributed by atoms with Gasteiger partial charge < -0.3 is 15.4 Å². The average molecular weight is 202 g/mol. The number of thioether (sulfide) groups is 1. The van der Waals surface area contributed by atoms with Gasteiger partial charge in [0.2, 0.25) is 0 Å². The topological polar surface area (TPSA) is 55.6 Å². The second-order valence-corrected chi connectivity index (χ2v) is 4.17. The van der Waals surface area contributed by atoms with Crippen LogP contribution in [-0.4, -0.2) is 36.4 Å². The van der Waals surface area contributed by atoms with E-state index in [0.29, 0.717) is 13.2 Å². The van der Waals surface area contributed by atoms with E-state index in [1.54, 1.807) is 7.11 Å². The lowest BCUT2D eigenvalue weighted by Crippen LogP contribution is -2.38. The molecular formula is C8H14N2O2S. The molecule has 0 aliphatic carbocycles. The molecule has 0 aromatic carbocycles. The molecule has 0 radical (unpaired) electrons. The summed E-state index contributed by atoms with van der Waals surface area (Å²) in [4.78, 5) is 14.0. The number of carbonyl (C=O) groups excluding carboxylic acids is 1. The monoisotopic (exact) mass is 202 g/mol. The Bertz CT molecular complexity index is 230. The zero-order valence-corrected chi connectivity index (χ0v) is 8.63. The first-order valence-electron chi connectivity index (χ1n) is 4.04. The maximum atomic E-state index is 11.0. The van der Waals surface area contributed by atoms with Crippen molar-refractivity contribution in [3.05, 3.63) is 11.1 Å². The normalized spacial score (nSPS) is 21.8. The number of hydrogen-bond acceptors (Lipinski definition) is 4. The van der Waals surface area contributed by atoms with Crippen LogP contribution in [0.1, 0.15) is 6.92 Å². The summed E-state index contributed by atoms with van der Waals surface area (Å²) in [6, 6.07) is 0. The maximum absolute atomic E-state index is 11.0. The molecule has 0 aromatic rings. The number of allylic oxidation sites excluding steroid dienone is 1. The molecule has 5 heteroatoms. The van der Waals surface area contributed by atoms with Gasteiger partial charge in [0.05, 0.1) is 6.61 Å². The summed E-state index contributed by atoms with van der Waals surface area (Å²) in [7, 11) is 1.64. The minimum Gasteiger partial charge on any atom is -0.383 e. The first-order valence-corrected chi connectivity index (χ1v) is 4.92. The summed E-state index contributed by atoms with van der Waals surface area (Å²) in [5.41, 5.74) is 5.25. The number of amides is 1. The highest BCUT2D eigenvalue weighted by atomic mass is 32.2. The molecule has 1 aliphatic rings. The van der Waals surface area contributed by atoms with Gasteiger partial charge in [-0.05, 0) is 6.92 Å². The Morgan fingerprint density at radius 3 is 3.08 bits per heavy atom. The predicted molar refractivity (Wildman–Crippen MR) is 52.9 cm³/mol. The van der Waals surface area contributed by atoms with Crippen LogP contribution in [-0.2, 0) is 9.53 Å². The first kappa shape index (κ1) is 10.4. The molecule has 1 aliphatic heterocycles. The standard InChI is InChI=1S/C8H14N2O2S/c1-6-5-10(3-4-12-2)8(13-6)7(9)11/h5,8H,3-4H2,1-2H3,(H2,9,11). The van der Waals surface area contributed by atoms with Gasteiger partial charge in [-0.1, -0.05) is 11.8 Å². The van der Waals surface area contributed by atoms with Gasteiger partial charge in [-0.2, -0.15) is 0 Å². The van der Waals surface area contributed by atoms with Crippen molar-refractivity contribution in [1.29, 1.82) is 0 Å². The lowest BCUT2D eigenvalue weighted by Gasteiger charge is -2.21. The molecule has 74 valence electrons. The Hall–Kier alpha value is -0.680. The van der Waals surface area contributed by atoms with Crippen molar-refractivity contribution < 1.29 is 9.53 Å². The van der Waals surface area contributed by atoms with Crippen molar-refractivity contribution in [3.63, 3.8) is 0 Å². The van der Waals surface area contributed by atoms with Gasteiger partial charge in [-0.15, -0.1) is 0 Å². The molecule has 1 atom stereocenters. The molecular weight excluding hydrogens is 188 g/mol. The minimum atomic E-state index is -0.297. The van der Waals surface area contributed by atoms with Crippen LogP contribution in [0.2, 0.25) is 0 Å². The van der Waals surface area contributed by atoms with Crippen molar-refractivity contribution in [1.82, 2.24) is 4.90 Å². The van der Waals surface area contributed by atoms with Crippen LogP contribution >= 0.6 is 11.8 Å². The van der Waals surface area contributed by atoms with Crippen molar-refractivity contribution in [2.45, 2.75) is 12.3 Å². The SMILES string of the molecule is COCCN1C=C(C)SC1C(N)=O. The molecule has 0 bridgehead atoms. The average Bonchev–Trinajstić information content (AvgIpc) is 2.43. The van der Waals surface area contributed by atoms with Crippen LogP contribution in [0.25, 0.3) is 0 Å². The van der Waals surface area contributed by atoms with Gasteiger partial charge >= 0.3 is 0 Å². The molecule has 0 saturated heterocycles. The Labute approximate surface area is 82.1 Å². The van der Waals surface area contributed by atoms with E-state index in [1.807, 2.05) is 18.0 Å². The van der Waals surface area contributed by atoms with Crippen LogP contribution < -0.4 is 5.73 Å². The van der Waals surface area contributed by atoms with E-state index in [0.717, 1.165) is 4.91 Å². The van der Waals surface area contributed by atoms with Crippen LogP contribution in [0.4, 0.5) is 0 Å². The van der Waals surface area contributed by atoms with Gasteiger partial charge in [0.25, 0.3) is 5.91 Å². The maximum Gasteiger partial charge on any atom is 0.250 e. The smallest absolute Gasteiger partial charge is 0.250 e. The zero-order valence-electron chi connectivity index (χ0n) is 7.82. The van der Waals surface area contributed by atoms with Gasteiger partial charge in [0.15, 0.2) is 5.37 Å². The van der Waals surface area contributed by atoms with Crippen LogP contribution in [0.3, 0.4) is 0 Å². The van der Waals surface area contributed by atoms with Gasteiger partial charge in [0.1, 0.15) is 0 Å². The number of methoxy groups -OCH3 is 1. The summed E-state index contributed by atoms with van der Waals surface area (Å²) in [5, 5.41) is -0.254. The highest BCUT2D eigenvalue weighted by Crippen LogP contribution is 2.31. The number of rotatable bonds is 4. The molecule has 1 unspecified atom stereocenters. The van der Waals surface area contributed by atoms with Crippen molar-refractivity contribution in [3.8, 4) is 0 Å². The van der Waals surface area contributed by atoms with E-state index in [2.05, 4.69) is 0 Å². The molecule has 1 amide bonds. The van der Waals surface area contributed by atoms with E-state index in [1.165, 1.54) is 11.8 Å². The fourth-order valence-electron chi connectivity index (χ4n) is 1.18. The zero-order chi connectivity index (χ0) is 9.84. The molecule has 2 N–H and O–H groups in total. The Balaban J connectivity index is 2.53. The van der Waals surface area contributed by atoms with Crippen molar-refractivity contribution >= 4 is 17.7 Å². The van der Waals surface area contributed by atoms with E-state index < -0.39 is 0 Å². The van der Waals surface area contributed by atoms with E-state index in [9.17, 15) is 4.79 Å². The molecule has 0 aromatic heterocycles. The second-order valence-electron chi connectivity index (χ2n) is 2.84. The van der Waals surface area contributed by atoms with E-state index in [4.69, 9.17) is 10.5 Å². The van der Waals surface area contributed by atoms with Crippen LogP contribution in [0.15, 0.2) is 11.1 Å². The summed E-state index contributed by atoms with van der Waals surface area (Å²) in [6.07, 6.45) is 1.94. The highest BCUT2D eigenvalue weighted by Gasteiger charge is 2.27. The highest BCUT2D eigenvalue weighted by molar-refractivity contribution is 8.04. The molecule has 0 fully saturated rings. The molecule has 4 nitrogen and oxygen atoms in total. The summed E-state index contributed by atoms with van der Waals surface area (Å²) in [5.74, 6) is -0.297. The predicted octanol–water partition coefficient (Wildman–Crippen LogP) is 0.354. The summed E-state index contributed by atoms with van der Waals surface area (Å²) < 4.78 is 4.93. The van der Waals surface area contributed by atoms with Crippen molar-refractivity contribution in [2.24, 2.45) is 5.73 Å². The molecule has 13 heavy (non-hydrogen) atoms. The van der Waals surface area contributed by atoms with Gasteiger partial charge in [-0.3, -0.25) is 4.79 Å². The van der Waals surface area contributed by atoms with E-state index >= 15 is 0 Å². The first-order chi connectivity index (χ1) is 6.15. The van der Waals surface area contributed by atoms with Gasteiger partial charge in [0, 0.05) is 24.8 Å². The quantitative estimate of drug-likeness (QED) is 0.715.